The average Bonchev–Trinajstić information content (AvgIpc) is 2.56. The summed E-state index contributed by atoms with van der Waals surface area (Å²) in [6.45, 7) is 4.40. The van der Waals surface area contributed by atoms with Crippen LogP contribution in [0.5, 0.6) is 0 Å². The molecule has 0 unspecified atom stereocenters. The molecule has 0 aliphatic rings. The highest BCUT2D eigenvalue weighted by Crippen LogP contribution is 2.24. The lowest BCUT2D eigenvalue weighted by atomic mass is 10.2. The largest absolute Gasteiger partial charge is 0.400 e. The molecule has 0 aliphatic heterocycles. The summed E-state index contributed by atoms with van der Waals surface area (Å²) in [4.78, 5) is 0. The van der Waals surface area contributed by atoms with Gasteiger partial charge in [-0.2, -0.15) is 5.10 Å². The lowest BCUT2D eigenvalue weighted by molar-refractivity contribution is 0.381. The number of hydrazone groups is 1. The second-order valence-electron chi connectivity index (χ2n) is 5.25. The van der Waals surface area contributed by atoms with Crippen LogP contribution < -0.4 is 5.01 Å². The first-order valence-electron chi connectivity index (χ1n) is 7.17. The number of rotatable bonds is 6. The second kappa shape index (κ2) is 7.60. The zero-order valence-corrected chi connectivity index (χ0v) is 13.9. The van der Waals surface area contributed by atoms with Crippen molar-refractivity contribution in [2.24, 2.45) is 5.10 Å². The molecule has 0 heterocycles. The fourth-order valence-corrected chi connectivity index (χ4v) is 2.40. The number of para-hydroxylation sites is 2. The average molecular weight is 308 g/mol. The predicted octanol–water partition coefficient (Wildman–Crippen LogP) is 4.20. The molecule has 0 N–H and O–H groups in total. The van der Waals surface area contributed by atoms with E-state index in [-0.39, 0.29) is 0 Å². The molecule has 0 atom stereocenters. The van der Waals surface area contributed by atoms with E-state index >= 15 is 0 Å². The fourth-order valence-electron chi connectivity index (χ4n) is 1.82. The third-order valence-electron chi connectivity index (χ3n) is 3.06. The van der Waals surface area contributed by atoms with Crippen LogP contribution in [0, 0.1) is 12.0 Å². The maximum atomic E-state index is 5.73. The van der Waals surface area contributed by atoms with E-state index in [1.807, 2.05) is 78.8 Å². The Morgan fingerprint density at radius 3 is 2.00 bits per heavy atom. The Labute approximate surface area is 133 Å². The number of anilines is 2. The Bertz CT molecular complexity index is 608. The van der Waals surface area contributed by atoms with E-state index in [9.17, 15) is 0 Å². The van der Waals surface area contributed by atoms with Crippen LogP contribution in [0.4, 0.5) is 11.4 Å². The van der Waals surface area contributed by atoms with Gasteiger partial charge >= 0.3 is 0 Å². The van der Waals surface area contributed by atoms with Gasteiger partial charge < -0.3 is 4.43 Å². The van der Waals surface area contributed by atoms with Gasteiger partial charge in [-0.25, -0.2) is 5.01 Å². The molecule has 2 rings (SSSR count). The minimum Gasteiger partial charge on any atom is -0.400 e. The first-order valence-corrected chi connectivity index (χ1v) is 10.1. The highest BCUT2D eigenvalue weighted by atomic mass is 28.4. The highest BCUT2D eigenvalue weighted by Gasteiger charge is 2.17. The Morgan fingerprint density at radius 2 is 1.55 bits per heavy atom. The Morgan fingerprint density at radius 1 is 1.05 bits per heavy atom. The molecule has 0 radical (unpaired) electrons. The molecule has 0 bridgehead atoms. The minimum absolute atomic E-state index is 0.416. The number of hydrogen-bond donors (Lipinski definition) is 0. The quantitative estimate of drug-likeness (QED) is 0.346. The van der Waals surface area contributed by atoms with Crippen LogP contribution in [0.3, 0.4) is 0 Å². The van der Waals surface area contributed by atoms with Crippen molar-refractivity contribution in [2.45, 2.75) is 13.1 Å². The third kappa shape index (κ3) is 4.59. The minimum atomic E-state index is -1.99. The van der Waals surface area contributed by atoms with Gasteiger partial charge in [0.25, 0.3) is 8.32 Å². The molecule has 22 heavy (non-hydrogen) atoms. The summed E-state index contributed by atoms with van der Waals surface area (Å²) in [7, 11) is -1.99. The van der Waals surface area contributed by atoms with Gasteiger partial charge in [0.05, 0.1) is 18.0 Å². The SMILES string of the molecule is C#C[Si](C)(C)OC/C=N/N(c1ccccc1)c1ccccc1. The van der Waals surface area contributed by atoms with E-state index < -0.39 is 8.32 Å². The van der Waals surface area contributed by atoms with Crippen molar-refractivity contribution < 1.29 is 4.43 Å². The number of hydrogen-bond acceptors (Lipinski definition) is 3. The van der Waals surface area contributed by atoms with Crippen molar-refractivity contribution in [3.63, 3.8) is 0 Å². The maximum absolute atomic E-state index is 5.73. The summed E-state index contributed by atoms with van der Waals surface area (Å²) in [5.74, 6) is 0. The number of benzene rings is 2. The molecule has 0 fully saturated rings. The second-order valence-corrected chi connectivity index (χ2v) is 8.84. The standard InChI is InChI=1S/C18H20N2OSi/c1-4-22(2,3)21-16-15-19-20(17-11-7-5-8-12-17)18-13-9-6-10-14-18/h1,5-15H,16H2,2-3H3/b19-15+. The Hall–Kier alpha value is -2.35. The molecule has 2 aromatic carbocycles. The summed E-state index contributed by atoms with van der Waals surface area (Å²) in [5, 5.41) is 6.42. The lowest BCUT2D eigenvalue weighted by Gasteiger charge is -2.19. The van der Waals surface area contributed by atoms with Crippen LogP contribution in [0.25, 0.3) is 0 Å². The highest BCUT2D eigenvalue weighted by molar-refractivity contribution is 6.79. The molecule has 0 spiro atoms. The molecule has 0 saturated heterocycles. The molecular weight excluding hydrogens is 288 g/mol. The van der Waals surface area contributed by atoms with Crippen LogP contribution in [-0.4, -0.2) is 21.1 Å². The van der Waals surface area contributed by atoms with Crippen molar-refractivity contribution in [1.29, 1.82) is 0 Å². The van der Waals surface area contributed by atoms with Gasteiger partial charge in [-0.15, -0.1) is 12.0 Å². The van der Waals surface area contributed by atoms with E-state index in [0.717, 1.165) is 11.4 Å². The molecule has 0 saturated carbocycles. The summed E-state index contributed by atoms with van der Waals surface area (Å²) in [6.07, 6.45) is 7.22. The van der Waals surface area contributed by atoms with Crippen LogP contribution in [0.1, 0.15) is 0 Å². The third-order valence-corrected chi connectivity index (χ3v) is 4.65. The van der Waals surface area contributed by atoms with E-state index in [0.29, 0.717) is 6.61 Å². The predicted molar refractivity (Wildman–Crippen MR) is 95.8 cm³/mol. The van der Waals surface area contributed by atoms with Crippen LogP contribution in [0.15, 0.2) is 65.8 Å². The summed E-state index contributed by atoms with van der Waals surface area (Å²) >= 11 is 0. The van der Waals surface area contributed by atoms with E-state index in [4.69, 9.17) is 10.8 Å². The van der Waals surface area contributed by atoms with Crippen LogP contribution in [0.2, 0.25) is 13.1 Å². The number of terminal acetylenes is 1. The molecule has 112 valence electrons. The molecule has 0 amide bonds. The maximum Gasteiger partial charge on any atom is 0.266 e. The van der Waals surface area contributed by atoms with Gasteiger partial charge in [0.2, 0.25) is 0 Å². The van der Waals surface area contributed by atoms with Gasteiger partial charge in [0.1, 0.15) is 0 Å². The zero-order chi connectivity index (χ0) is 15.8. The summed E-state index contributed by atoms with van der Waals surface area (Å²) in [6, 6.07) is 20.0. The van der Waals surface area contributed by atoms with Gasteiger partial charge in [-0.05, 0) is 37.4 Å². The lowest BCUT2D eigenvalue weighted by Crippen LogP contribution is -2.29. The first-order chi connectivity index (χ1) is 10.6. The molecule has 4 heteroatoms. The topological polar surface area (TPSA) is 24.8 Å². The van der Waals surface area contributed by atoms with Crippen molar-refractivity contribution in [2.75, 3.05) is 11.6 Å². The normalized spacial score (nSPS) is 11.3. The first kappa shape index (κ1) is 16.0. The van der Waals surface area contributed by atoms with Crippen LogP contribution in [-0.2, 0) is 4.43 Å². The van der Waals surface area contributed by atoms with Gasteiger partial charge in [-0.1, -0.05) is 36.4 Å². The molecule has 0 aliphatic carbocycles. The van der Waals surface area contributed by atoms with Crippen molar-refractivity contribution in [3.8, 4) is 12.0 Å². The fraction of sp³-hybridized carbons (Fsp3) is 0.167. The Balaban J connectivity index is 2.15. The zero-order valence-electron chi connectivity index (χ0n) is 12.9. The van der Waals surface area contributed by atoms with E-state index in [2.05, 4.69) is 10.6 Å². The molecule has 3 nitrogen and oxygen atoms in total. The number of nitrogens with zero attached hydrogens (tertiary/aromatic N) is 2. The van der Waals surface area contributed by atoms with E-state index in [1.54, 1.807) is 6.21 Å². The van der Waals surface area contributed by atoms with Crippen LogP contribution >= 0.6 is 0 Å². The summed E-state index contributed by atoms with van der Waals surface area (Å²) in [5.41, 5.74) is 4.73. The molecule has 2 aromatic rings. The van der Waals surface area contributed by atoms with Crippen molar-refractivity contribution >= 4 is 25.9 Å². The Kier molecular flexibility index (Phi) is 5.53. The van der Waals surface area contributed by atoms with Gasteiger partial charge in [0, 0.05) is 6.21 Å². The molecular formula is C18H20N2OSi. The van der Waals surface area contributed by atoms with Gasteiger partial charge in [0.15, 0.2) is 0 Å². The summed E-state index contributed by atoms with van der Waals surface area (Å²) < 4.78 is 5.73. The monoisotopic (exact) mass is 308 g/mol. The molecule has 0 aromatic heterocycles. The van der Waals surface area contributed by atoms with Crippen molar-refractivity contribution in [1.82, 2.24) is 0 Å². The van der Waals surface area contributed by atoms with Gasteiger partial charge in [-0.3, -0.25) is 0 Å². The smallest absolute Gasteiger partial charge is 0.266 e. The van der Waals surface area contributed by atoms with E-state index in [1.165, 1.54) is 0 Å². The van der Waals surface area contributed by atoms with Crippen molar-refractivity contribution in [3.05, 3.63) is 60.7 Å².